The number of nitrogens with zero attached hydrogens (tertiary/aromatic N) is 4. The summed E-state index contributed by atoms with van der Waals surface area (Å²) in [7, 11) is 3.56. The first-order valence-electron chi connectivity index (χ1n) is 9.34. The Kier molecular flexibility index (Phi) is 5.89. The zero-order valence-corrected chi connectivity index (χ0v) is 16.7. The van der Waals surface area contributed by atoms with Gasteiger partial charge in [-0.2, -0.15) is 4.98 Å². The molecular formula is C20H27N7O. The lowest BCUT2D eigenvalue weighted by Crippen LogP contribution is -2.20. The second kappa shape index (κ2) is 8.35. The highest BCUT2D eigenvalue weighted by atomic mass is 16.3. The van der Waals surface area contributed by atoms with E-state index in [2.05, 4.69) is 48.0 Å². The highest BCUT2D eigenvalue weighted by Gasteiger charge is 2.19. The molecule has 1 aromatic carbocycles. The normalized spacial score (nSPS) is 11.5. The van der Waals surface area contributed by atoms with Gasteiger partial charge in [-0.1, -0.05) is 30.3 Å². The lowest BCUT2D eigenvalue weighted by Gasteiger charge is -2.18. The molecule has 8 nitrogen and oxygen atoms in total. The van der Waals surface area contributed by atoms with E-state index in [1.807, 2.05) is 18.2 Å². The van der Waals surface area contributed by atoms with Gasteiger partial charge < -0.3 is 21.1 Å². The maximum Gasteiger partial charge on any atom is 0.225 e. The van der Waals surface area contributed by atoms with Crippen molar-refractivity contribution in [1.82, 2.24) is 19.9 Å². The maximum absolute atomic E-state index is 10.1. The summed E-state index contributed by atoms with van der Waals surface area (Å²) in [6.45, 7) is 4.19. The summed E-state index contributed by atoms with van der Waals surface area (Å²) >= 11 is 0. The average molecular weight is 381 g/mol. The zero-order chi connectivity index (χ0) is 20.1. The lowest BCUT2D eigenvalue weighted by atomic mass is 10.0. The van der Waals surface area contributed by atoms with E-state index in [-0.39, 0.29) is 0 Å². The first kappa shape index (κ1) is 19.8. The summed E-state index contributed by atoms with van der Waals surface area (Å²) in [6, 6.07) is 10.1. The minimum atomic E-state index is -0.787. The predicted octanol–water partition coefficient (Wildman–Crippen LogP) is 2.82. The number of benzene rings is 1. The van der Waals surface area contributed by atoms with Gasteiger partial charge in [-0.15, -0.1) is 0 Å². The van der Waals surface area contributed by atoms with E-state index in [1.165, 1.54) is 0 Å². The molecule has 0 atom stereocenters. The summed E-state index contributed by atoms with van der Waals surface area (Å²) < 4.78 is 0. The van der Waals surface area contributed by atoms with E-state index in [9.17, 15) is 5.11 Å². The highest BCUT2D eigenvalue weighted by molar-refractivity contribution is 5.88. The Morgan fingerprint density at radius 3 is 2.18 bits per heavy atom. The smallest absolute Gasteiger partial charge is 0.225 e. The van der Waals surface area contributed by atoms with Crippen molar-refractivity contribution in [3.8, 4) is 0 Å². The van der Waals surface area contributed by atoms with Crippen LogP contribution in [0.4, 0.5) is 17.7 Å². The average Bonchev–Trinajstić information content (AvgIpc) is 2.70. The molecule has 0 aliphatic carbocycles. The van der Waals surface area contributed by atoms with Crippen LogP contribution in [0.3, 0.4) is 0 Å². The van der Waals surface area contributed by atoms with Crippen LogP contribution in [-0.4, -0.2) is 44.7 Å². The van der Waals surface area contributed by atoms with Gasteiger partial charge in [0.15, 0.2) is 5.82 Å². The molecule has 8 heteroatoms. The summed E-state index contributed by atoms with van der Waals surface area (Å²) in [5.74, 6) is 1.64. The Bertz CT molecular complexity index is 939. The van der Waals surface area contributed by atoms with Gasteiger partial charge in [0.1, 0.15) is 11.0 Å². The Morgan fingerprint density at radius 1 is 0.893 bits per heavy atom. The number of hydrogen-bond acceptors (Lipinski definition) is 8. The molecule has 2 heterocycles. The molecule has 4 N–H and O–H groups in total. The molecule has 0 unspecified atom stereocenters. The topological polar surface area (TPSA) is 108 Å². The largest absolute Gasteiger partial charge is 0.390 e. The molecule has 0 saturated carbocycles. The van der Waals surface area contributed by atoms with Crippen molar-refractivity contribution in [1.29, 1.82) is 0 Å². The number of aromatic nitrogens is 4. The van der Waals surface area contributed by atoms with Gasteiger partial charge in [-0.3, -0.25) is 0 Å². The highest BCUT2D eigenvalue weighted by Crippen LogP contribution is 2.26. The quantitative estimate of drug-likeness (QED) is 0.472. The van der Waals surface area contributed by atoms with Gasteiger partial charge in [-0.25, -0.2) is 15.0 Å². The second-order valence-corrected chi connectivity index (χ2v) is 7.24. The van der Waals surface area contributed by atoms with Crippen LogP contribution in [0.5, 0.6) is 0 Å². The Hall–Kier alpha value is -3.00. The maximum atomic E-state index is 10.1. The third-order valence-electron chi connectivity index (χ3n) is 4.34. The molecule has 3 aromatic rings. The molecule has 0 saturated heterocycles. The van der Waals surface area contributed by atoms with Crippen molar-refractivity contribution >= 4 is 28.7 Å². The summed E-state index contributed by atoms with van der Waals surface area (Å²) in [4.78, 5) is 18.3. The SMILES string of the molecule is CNc1nc(NCc2ccccc2)c2nc(NC)nc(CCC(C)(C)O)c2n1. The van der Waals surface area contributed by atoms with Gasteiger partial charge >= 0.3 is 0 Å². The fourth-order valence-electron chi connectivity index (χ4n) is 2.80. The van der Waals surface area contributed by atoms with E-state index in [0.29, 0.717) is 48.1 Å². The van der Waals surface area contributed by atoms with Crippen molar-refractivity contribution in [3.05, 3.63) is 41.6 Å². The number of aliphatic hydroxyl groups is 1. The molecule has 3 rings (SSSR count). The van der Waals surface area contributed by atoms with Gasteiger partial charge in [-0.05, 0) is 32.3 Å². The molecule has 0 spiro atoms. The standard InChI is InChI=1S/C20H27N7O/c1-20(2,28)11-10-14-15-16(26-18(21-3)24-14)17(27-19(22-4)25-15)23-12-13-8-6-5-7-9-13/h5-9,28H,10-12H2,1-4H3,(H,21,24,26)(H2,22,23,25,27). The predicted molar refractivity (Wildman–Crippen MR) is 113 cm³/mol. The van der Waals surface area contributed by atoms with E-state index >= 15 is 0 Å². The molecule has 0 aliphatic heterocycles. The molecular weight excluding hydrogens is 354 g/mol. The fourth-order valence-corrected chi connectivity index (χ4v) is 2.80. The minimum absolute atomic E-state index is 0.494. The van der Waals surface area contributed by atoms with E-state index in [0.717, 1.165) is 11.3 Å². The number of anilines is 3. The number of hydrogen-bond donors (Lipinski definition) is 4. The molecule has 0 amide bonds. The summed E-state index contributed by atoms with van der Waals surface area (Å²) in [6.07, 6.45) is 1.14. The zero-order valence-electron chi connectivity index (χ0n) is 16.7. The third kappa shape index (κ3) is 4.83. The van der Waals surface area contributed by atoms with Crippen molar-refractivity contribution < 1.29 is 5.11 Å². The summed E-state index contributed by atoms with van der Waals surface area (Å²) in [5, 5.41) is 19.5. The molecule has 28 heavy (non-hydrogen) atoms. The van der Waals surface area contributed by atoms with E-state index in [1.54, 1.807) is 27.9 Å². The number of rotatable bonds is 8. The minimum Gasteiger partial charge on any atom is -0.390 e. The van der Waals surface area contributed by atoms with Crippen LogP contribution >= 0.6 is 0 Å². The van der Waals surface area contributed by atoms with Gasteiger partial charge in [0.2, 0.25) is 11.9 Å². The monoisotopic (exact) mass is 381 g/mol. The first-order valence-corrected chi connectivity index (χ1v) is 9.34. The van der Waals surface area contributed by atoms with Crippen molar-refractivity contribution in [2.24, 2.45) is 0 Å². The summed E-state index contributed by atoms with van der Waals surface area (Å²) in [5.41, 5.74) is 2.46. The van der Waals surface area contributed by atoms with Crippen molar-refractivity contribution in [2.45, 2.75) is 38.8 Å². The molecule has 2 aromatic heterocycles. The van der Waals surface area contributed by atoms with Crippen molar-refractivity contribution in [2.75, 3.05) is 30.0 Å². The molecule has 0 radical (unpaired) electrons. The number of fused-ring (bicyclic) bond motifs is 1. The fraction of sp³-hybridized carbons (Fsp3) is 0.400. The van der Waals surface area contributed by atoms with Crippen LogP contribution in [0.2, 0.25) is 0 Å². The van der Waals surface area contributed by atoms with E-state index in [4.69, 9.17) is 0 Å². The van der Waals surface area contributed by atoms with Gasteiger partial charge in [0, 0.05) is 20.6 Å². The Morgan fingerprint density at radius 2 is 1.54 bits per heavy atom. The Balaban J connectivity index is 2.04. The lowest BCUT2D eigenvalue weighted by molar-refractivity contribution is 0.0712. The van der Waals surface area contributed by atoms with Crippen LogP contribution in [0.15, 0.2) is 30.3 Å². The number of aryl methyl sites for hydroxylation is 1. The second-order valence-electron chi connectivity index (χ2n) is 7.24. The molecule has 0 fully saturated rings. The third-order valence-corrected chi connectivity index (χ3v) is 4.34. The van der Waals surface area contributed by atoms with Crippen LogP contribution in [0, 0.1) is 0 Å². The van der Waals surface area contributed by atoms with Crippen LogP contribution < -0.4 is 16.0 Å². The first-order chi connectivity index (χ1) is 13.4. The van der Waals surface area contributed by atoms with Gasteiger partial charge in [0.05, 0.1) is 11.3 Å². The molecule has 148 valence electrons. The molecule has 0 bridgehead atoms. The van der Waals surface area contributed by atoms with E-state index < -0.39 is 5.60 Å². The molecule has 0 aliphatic rings. The number of nitrogens with one attached hydrogen (secondary N) is 3. The van der Waals surface area contributed by atoms with Crippen LogP contribution in [0.1, 0.15) is 31.5 Å². The van der Waals surface area contributed by atoms with Crippen LogP contribution in [0.25, 0.3) is 11.0 Å². The van der Waals surface area contributed by atoms with Gasteiger partial charge in [0.25, 0.3) is 0 Å². The van der Waals surface area contributed by atoms with Crippen molar-refractivity contribution in [3.63, 3.8) is 0 Å². The Labute approximate surface area is 164 Å². The van der Waals surface area contributed by atoms with Crippen LogP contribution in [-0.2, 0) is 13.0 Å².